The van der Waals surface area contributed by atoms with Crippen LogP contribution in [0.3, 0.4) is 0 Å². The smallest absolute Gasteiger partial charge is 0.235 e. The number of hydrogen-bond acceptors (Lipinski definition) is 3. The molecule has 0 spiro atoms. The highest BCUT2D eigenvalue weighted by Crippen LogP contribution is 2.30. The number of ketones is 1. The first-order valence-corrected chi connectivity index (χ1v) is 4.38. The molecule has 0 atom stereocenters. The number of carbonyl (C=O) groups excluding carboxylic acids is 2. The molecule has 1 saturated heterocycles. The molecule has 0 unspecified atom stereocenters. The molecule has 0 aromatic heterocycles. The molecule has 1 amide bonds. The lowest BCUT2D eigenvalue weighted by Gasteiger charge is -2.15. The third kappa shape index (κ3) is 1.68. The minimum Gasteiger partial charge on any atom is -0.506 e. The van der Waals surface area contributed by atoms with E-state index in [0.717, 1.165) is 23.1 Å². The summed E-state index contributed by atoms with van der Waals surface area (Å²) in [6.07, 6.45) is -0.185. The van der Waals surface area contributed by atoms with Crippen LogP contribution in [0.2, 0.25) is 0 Å². The van der Waals surface area contributed by atoms with Gasteiger partial charge in [-0.2, -0.15) is 0 Å². The van der Waals surface area contributed by atoms with Crippen molar-refractivity contribution in [3.05, 3.63) is 24.0 Å². The van der Waals surface area contributed by atoms with E-state index in [2.05, 4.69) is 0 Å². The first kappa shape index (κ1) is 9.64. The summed E-state index contributed by atoms with van der Waals surface area (Å²) in [6, 6.07) is 3.27. The van der Waals surface area contributed by atoms with Gasteiger partial charge in [-0.15, -0.1) is 0 Å². The number of phenols is 1. The van der Waals surface area contributed by atoms with E-state index in [0.29, 0.717) is 0 Å². The third-order valence-corrected chi connectivity index (χ3v) is 2.21. The molecule has 2 rings (SSSR count). The van der Waals surface area contributed by atoms with E-state index >= 15 is 0 Å². The number of carbonyl (C=O) groups is 2. The summed E-state index contributed by atoms with van der Waals surface area (Å²) in [5.41, 5.74) is 0.0471. The van der Waals surface area contributed by atoms with Crippen molar-refractivity contribution < 1.29 is 19.1 Å². The third-order valence-electron chi connectivity index (χ3n) is 2.21. The highest BCUT2D eigenvalue weighted by atomic mass is 19.1. The fourth-order valence-corrected chi connectivity index (χ4v) is 1.52. The Morgan fingerprint density at radius 1 is 1.33 bits per heavy atom. The number of aromatic hydroxyl groups is 1. The summed E-state index contributed by atoms with van der Waals surface area (Å²) in [4.78, 5) is 23.4. The molecule has 1 aliphatic rings. The highest BCUT2D eigenvalue weighted by molar-refractivity contribution is 6.15. The summed E-state index contributed by atoms with van der Waals surface area (Å²) >= 11 is 0. The predicted octanol–water partition coefficient (Wildman–Crippen LogP) is 0.837. The van der Waals surface area contributed by atoms with E-state index < -0.39 is 11.7 Å². The van der Waals surface area contributed by atoms with E-state index in [1.807, 2.05) is 0 Å². The number of amides is 1. The van der Waals surface area contributed by atoms with Crippen LogP contribution in [0, 0.1) is 5.82 Å². The SMILES string of the molecule is O=C1CC(=O)N(c2cc(F)ccc2O)C1. The Morgan fingerprint density at radius 3 is 2.67 bits per heavy atom. The molecule has 1 fully saturated rings. The largest absolute Gasteiger partial charge is 0.506 e. The number of phenolic OH excluding ortho intramolecular Hbond substituents is 1. The summed E-state index contributed by atoms with van der Waals surface area (Å²) in [7, 11) is 0. The average Bonchev–Trinajstić information content (AvgIpc) is 2.50. The minimum atomic E-state index is -0.560. The molecule has 1 N–H and O–H groups in total. The monoisotopic (exact) mass is 209 g/mol. The van der Waals surface area contributed by atoms with Gasteiger partial charge in [0.2, 0.25) is 5.91 Å². The molecule has 0 radical (unpaired) electrons. The van der Waals surface area contributed by atoms with Crippen LogP contribution in [-0.4, -0.2) is 23.3 Å². The zero-order valence-electron chi connectivity index (χ0n) is 7.74. The summed E-state index contributed by atoms with van der Waals surface area (Å²) in [5.74, 6) is -1.42. The van der Waals surface area contributed by atoms with Gasteiger partial charge in [-0.1, -0.05) is 0 Å². The van der Waals surface area contributed by atoms with Crippen LogP contribution in [0.15, 0.2) is 18.2 Å². The molecule has 1 aliphatic heterocycles. The summed E-state index contributed by atoms with van der Waals surface area (Å²) < 4.78 is 12.9. The Labute approximate surface area is 84.9 Å². The van der Waals surface area contributed by atoms with Crippen LogP contribution < -0.4 is 4.90 Å². The van der Waals surface area contributed by atoms with Gasteiger partial charge in [-0.25, -0.2) is 4.39 Å². The number of hydrogen-bond donors (Lipinski definition) is 1. The van der Waals surface area contributed by atoms with Crippen molar-refractivity contribution in [1.82, 2.24) is 0 Å². The van der Waals surface area contributed by atoms with Crippen molar-refractivity contribution in [2.45, 2.75) is 6.42 Å². The number of nitrogens with zero attached hydrogens (tertiary/aromatic N) is 1. The molecule has 1 heterocycles. The Morgan fingerprint density at radius 2 is 2.07 bits per heavy atom. The molecular weight excluding hydrogens is 201 g/mol. The number of anilines is 1. The molecule has 1 aromatic carbocycles. The molecule has 5 heteroatoms. The van der Waals surface area contributed by atoms with Gasteiger partial charge in [0, 0.05) is 6.07 Å². The molecular formula is C10H8FNO3. The highest BCUT2D eigenvalue weighted by Gasteiger charge is 2.30. The first-order valence-electron chi connectivity index (χ1n) is 4.38. The van der Waals surface area contributed by atoms with Crippen molar-refractivity contribution in [3.8, 4) is 5.75 Å². The maximum Gasteiger partial charge on any atom is 0.235 e. The van der Waals surface area contributed by atoms with Crippen LogP contribution in [0.5, 0.6) is 5.75 Å². The van der Waals surface area contributed by atoms with Crippen LogP contribution in [0.1, 0.15) is 6.42 Å². The maximum absolute atomic E-state index is 12.9. The minimum absolute atomic E-state index is 0.0471. The van der Waals surface area contributed by atoms with E-state index in [-0.39, 0.29) is 30.2 Å². The Kier molecular flexibility index (Phi) is 2.15. The number of Topliss-reactive ketones (excluding diaryl/α,β-unsaturated/α-hetero) is 1. The van der Waals surface area contributed by atoms with Gasteiger partial charge in [0.25, 0.3) is 0 Å². The van der Waals surface area contributed by atoms with Gasteiger partial charge in [-0.3, -0.25) is 9.59 Å². The van der Waals surface area contributed by atoms with Crippen molar-refractivity contribution in [1.29, 1.82) is 0 Å². The van der Waals surface area contributed by atoms with Crippen LogP contribution in [0.4, 0.5) is 10.1 Å². The first-order chi connectivity index (χ1) is 7.08. The number of halogens is 1. The van der Waals surface area contributed by atoms with Gasteiger partial charge >= 0.3 is 0 Å². The standard InChI is InChI=1S/C10H8FNO3/c11-6-1-2-9(14)8(3-6)12-5-7(13)4-10(12)15/h1-3,14H,4-5H2. The van der Waals surface area contributed by atoms with Gasteiger partial charge in [-0.05, 0) is 12.1 Å². The molecule has 4 nitrogen and oxygen atoms in total. The van der Waals surface area contributed by atoms with Crippen molar-refractivity contribution >= 4 is 17.4 Å². The van der Waals surface area contributed by atoms with E-state index in [1.165, 1.54) is 0 Å². The van der Waals surface area contributed by atoms with E-state index in [4.69, 9.17) is 0 Å². The summed E-state index contributed by atoms with van der Waals surface area (Å²) in [6.45, 7) is -0.101. The fraction of sp³-hybridized carbons (Fsp3) is 0.200. The van der Waals surface area contributed by atoms with Gasteiger partial charge in [0.05, 0.1) is 18.7 Å². The maximum atomic E-state index is 12.9. The zero-order valence-corrected chi connectivity index (χ0v) is 7.74. The fourth-order valence-electron chi connectivity index (χ4n) is 1.52. The zero-order chi connectivity index (χ0) is 11.0. The molecule has 0 aliphatic carbocycles. The second kappa shape index (κ2) is 3.34. The Hall–Kier alpha value is -1.91. The quantitative estimate of drug-likeness (QED) is 0.697. The molecule has 15 heavy (non-hydrogen) atoms. The average molecular weight is 209 g/mol. The normalized spacial score (nSPS) is 16.2. The van der Waals surface area contributed by atoms with Gasteiger partial charge in [0.15, 0.2) is 5.78 Å². The number of rotatable bonds is 1. The van der Waals surface area contributed by atoms with E-state index in [9.17, 15) is 19.1 Å². The lowest BCUT2D eigenvalue weighted by Crippen LogP contribution is -2.24. The van der Waals surface area contributed by atoms with Crippen molar-refractivity contribution in [2.75, 3.05) is 11.4 Å². The Balaban J connectivity index is 2.41. The van der Waals surface area contributed by atoms with Crippen LogP contribution in [0.25, 0.3) is 0 Å². The summed E-state index contributed by atoms with van der Waals surface area (Å²) in [5, 5.41) is 9.43. The lowest BCUT2D eigenvalue weighted by atomic mass is 10.2. The Bertz CT molecular complexity index is 444. The van der Waals surface area contributed by atoms with Crippen molar-refractivity contribution in [2.24, 2.45) is 0 Å². The van der Waals surface area contributed by atoms with E-state index in [1.54, 1.807) is 0 Å². The predicted molar refractivity (Wildman–Crippen MR) is 50.0 cm³/mol. The van der Waals surface area contributed by atoms with Gasteiger partial charge < -0.3 is 10.0 Å². The second-order valence-electron chi connectivity index (χ2n) is 3.33. The van der Waals surface area contributed by atoms with Crippen LogP contribution >= 0.6 is 0 Å². The van der Waals surface area contributed by atoms with Crippen LogP contribution in [-0.2, 0) is 9.59 Å². The van der Waals surface area contributed by atoms with Gasteiger partial charge in [0.1, 0.15) is 11.6 Å². The lowest BCUT2D eigenvalue weighted by molar-refractivity contribution is -0.121. The molecule has 0 saturated carbocycles. The van der Waals surface area contributed by atoms with Crippen molar-refractivity contribution in [3.63, 3.8) is 0 Å². The number of benzene rings is 1. The molecule has 0 bridgehead atoms. The topological polar surface area (TPSA) is 57.6 Å². The molecule has 78 valence electrons. The second-order valence-corrected chi connectivity index (χ2v) is 3.33. The molecule has 1 aromatic rings.